The van der Waals surface area contributed by atoms with E-state index in [0.29, 0.717) is 5.56 Å². The Kier molecular flexibility index (Phi) is 6.14. The lowest BCUT2D eigenvalue weighted by molar-refractivity contribution is -0.918. The number of phenols is 1. The summed E-state index contributed by atoms with van der Waals surface area (Å²) in [7, 11) is 0. The Labute approximate surface area is 189 Å². The highest BCUT2D eigenvalue weighted by Crippen LogP contribution is 2.40. The zero-order chi connectivity index (χ0) is 23.9. The number of aryl methyl sites for hydroxylation is 2. The number of aromatic hydroxyl groups is 1. The average molecular weight is 462 g/mol. The number of rotatable bonds is 4. The number of hydrogen-bond donors (Lipinski definition) is 2. The highest BCUT2D eigenvalue weighted by molar-refractivity contribution is 5.83. The van der Waals surface area contributed by atoms with Gasteiger partial charge in [-0.05, 0) is 74.9 Å². The van der Waals surface area contributed by atoms with Gasteiger partial charge in [0.15, 0.2) is 5.58 Å². The maximum atomic E-state index is 14.0. The van der Waals surface area contributed by atoms with Gasteiger partial charge in [0.1, 0.15) is 18.0 Å². The van der Waals surface area contributed by atoms with Crippen molar-refractivity contribution in [1.82, 2.24) is 0 Å². The second-order valence-electron chi connectivity index (χ2n) is 8.82. The van der Waals surface area contributed by atoms with Crippen molar-refractivity contribution < 1.29 is 32.3 Å². The summed E-state index contributed by atoms with van der Waals surface area (Å²) in [5.74, 6) is -2.42. The van der Waals surface area contributed by atoms with Gasteiger partial charge in [-0.2, -0.15) is 13.2 Å². The molecule has 5 nitrogen and oxygen atoms in total. The van der Waals surface area contributed by atoms with E-state index in [4.69, 9.17) is 9.15 Å². The van der Waals surface area contributed by atoms with E-state index in [-0.39, 0.29) is 34.6 Å². The van der Waals surface area contributed by atoms with Crippen LogP contribution in [0.25, 0.3) is 11.0 Å². The van der Waals surface area contributed by atoms with Crippen LogP contribution in [0.4, 0.5) is 13.2 Å². The molecule has 0 atom stereocenters. The zero-order valence-electron chi connectivity index (χ0n) is 18.9. The number of nitrogens with one attached hydrogen (secondary N) is 1. The predicted octanol–water partition coefficient (Wildman–Crippen LogP) is 4.80. The lowest BCUT2D eigenvalue weighted by Gasteiger charge is -2.24. The van der Waals surface area contributed by atoms with E-state index in [1.807, 2.05) is 13.0 Å². The summed E-state index contributed by atoms with van der Waals surface area (Å²) in [6.07, 6.45) is -1.84. The summed E-state index contributed by atoms with van der Waals surface area (Å²) in [5.41, 5.74) is 1.31. The molecular weight excluding hydrogens is 435 g/mol. The van der Waals surface area contributed by atoms with E-state index < -0.39 is 23.1 Å². The molecule has 176 valence electrons. The van der Waals surface area contributed by atoms with Gasteiger partial charge in [-0.1, -0.05) is 6.07 Å². The van der Waals surface area contributed by atoms with Crippen molar-refractivity contribution in [3.63, 3.8) is 0 Å². The highest BCUT2D eigenvalue weighted by atomic mass is 19.4. The molecule has 0 bridgehead atoms. The summed E-state index contributed by atoms with van der Waals surface area (Å²) < 4.78 is 53.0. The van der Waals surface area contributed by atoms with Gasteiger partial charge in [-0.25, -0.2) is 0 Å². The molecule has 1 aliphatic heterocycles. The summed E-state index contributed by atoms with van der Waals surface area (Å²) in [6, 6.07) is 6.09. The Morgan fingerprint density at radius 2 is 1.79 bits per heavy atom. The van der Waals surface area contributed by atoms with E-state index in [1.165, 1.54) is 12.1 Å². The summed E-state index contributed by atoms with van der Waals surface area (Å²) in [4.78, 5) is 14.4. The predicted molar refractivity (Wildman–Crippen MR) is 118 cm³/mol. The molecular formula is C25H27F3NO4+. The first kappa shape index (κ1) is 23.2. The molecule has 2 heterocycles. The van der Waals surface area contributed by atoms with Crippen LogP contribution in [-0.4, -0.2) is 18.2 Å². The van der Waals surface area contributed by atoms with Gasteiger partial charge in [0.05, 0.1) is 24.0 Å². The van der Waals surface area contributed by atoms with Gasteiger partial charge in [-0.15, -0.1) is 0 Å². The van der Waals surface area contributed by atoms with Crippen LogP contribution in [-0.2, 0) is 12.7 Å². The van der Waals surface area contributed by atoms with E-state index in [2.05, 4.69) is 0 Å². The van der Waals surface area contributed by atoms with Crippen molar-refractivity contribution >= 4 is 11.0 Å². The second-order valence-corrected chi connectivity index (χ2v) is 8.82. The summed E-state index contributed by atoms with van der Waals surface area (Å²) in [6.45, 7) is 7.31. The molecule has 33 heavy (non-hydrogen) atoms. The van der Waals surface area contributed by atoms with Gasteiger partial charge in [0, 0.05) is 0 Å². The molecule has 2 aromatic carbocycles. The first-order valence-electron chi connectivity index (χ1n) is 11.0. The fourth-order valence-corrected chi connectivity index (χ4v) is 4.43. The number of hydrogen-bond acceptors (Lipinski definition) is 4. The number of quaternary nitrogens is 1. The lowest BCUT2D eigenvalue weighted by Crippen LogP contribution is -3.11. The largest absolute Gasteiger partial charge is 0.507 e. The van der Waals surface area contributed by atoms with E-state index >= 15 is 0 Å². The molecule has 0 radical (unpaired) electrons. The molecule has 0 unspecified atom stereocenters. The van der Waals surface area contributed by atoms with Gasteiger partial charge >= 0.3 is 6.18 Å². The second kappa shape index (κ2) is 8.74. The van der Waals surface area contributed by atoms with Crippen LogP contribution in [0.2, 0.25) is 0 Å². The van der Waals surface area contributed by atoms with Gasteiger partial charge in [0.25, 0.3) is 5.76 Å². The number of phenolic OH excluding ortho intramolecular Hbond substituents is 1. The molecule has 0 aliphatic carbocycles. The number of ether oxygens (including phenoxy) is 1. The molecule has 0 spiro atoms. The van der Waals surface area contributed by atoms with Crippen LogP contribution in [0, 0.1) is 20.8 Å². The third kappa shape index (κ3) is 4.57. The third-order valence-electron chi connectivity index (χ3n) is 6.32. The standard InChI is InChI=1S/C25H26F3NO4/c1-14-11-15(2)16(3)20(12-14)32-23-21(31)17-7-8-19(30)18(13-29-9-5-4-6-10-29)22(17)33-24(23)25(26,27)28/h7-8,11-12,30H,4-6,9-10,13H2,1-3H3/p+1. The maximum absolute atomic E-state index is 14.0. The van der Waals surface area contributed by atoms with E-state index in [1.54, 1.807) is 19.9 Å². The quantitative estimate of drug-likeness (QED) is 0.585. The van der Waals surface area contributed by atoms with Crippen molar-refractivity contribution in [3.8, 4) is 17.2 Å². The molecule has 3 aromatic rings. The fraction of sp³-hybridized carbons (Fsp3) is 0.400. The molecule has 1 saturated heterocycles. The molecule has 0 amide bonds. The minimum atomic E-state index is -4.96. The number of piperidine rings is 1. The maximum Gasteiger partial charge on any atom is 0.453 e. The van der Waals surface area contributed by atoms with Crippen molar-refractivity contribution in [1.29, 1.82) is 0 Å². The van der Waals surface area contributed by atoms with Crippen LogP contribution in [0.15, 0.2) is 33.5 Å². The minimum absolute atomic E-state index is 0.0516. The van der Waals surface area contributed by atoms with Crippen molar-refractivity contribution in [3.05, 3.63) is 62.5 Å². The van der Waals surface area contributed by atoms with Gasteiger partial charge in [0.2, 0.25) is 11.2 Å². The Morgan fingerprint density at radius 3 is 2.45 bits per heavy atom. The number of halogens is 3. The van der Waals surface area contributed by atoms with Crippen molar-refractivity contribution in [2.24, 2.45) is 0 Å². The summed E-state index contributed by atoms with van der Waals surface area (Å²) in [5, 5.41) is 10.4. The molecule has 1 fully saturated rings. The minimum Gasteiger partial charge on any atom is -0.507 e. The topological polar surface area (TPSA) is 64.1 Å². The number of alkyl halides is 3. The molecule has 2 N–H and O–H groups in total. The molecule has 8 heteroatoms. The Bertz CT molecular complexity index is 1260. The number of benzene rings is 2. The highest BCUT2D eigenvalue weighted by Gasteiger charge is 2.41. The van der Waals surface area contributed by atoms with Crippen LogP contribution >= 0.6 is 0 Å². The number of fused-ring (bicyclic) bond motifs is 1. The molecule has 0 saturated carbocycles. The first-order valence-corrected chi connectivity index (χ1v) is 11.0. The SMILES string of the molecule is Cc1cc(C)c(C)c(Oc2c(C(F)(F)F)oc3c(C[NH+]4CCCCC4)c(O)ccc3c2=O)c1. The molecule has 1 aliphatic rings. The Morgan fingerprint density at radius 1 is 1.09 bits per heavy atom. The summed E-state index contributed by atoms with van der Waals surface area (Å²) >= 11 is 0. The third-order valence-corrected chi connectivity index (χ3v) is 6.32. The van der Waals surface area contributed by atoms with Crippen molar-refractivity contribution in [2.75, 3.05) is 13.1 Å². The van der Waals surface area contributed by atoms with Gasteiger partial charge in [-0.3, -0.25) is 4.79 Å². The van der Waals surface area contributed by atoms with E-state index in [9.17, 15) is 23.1 Å². The zero-order valence-corrected chi connectivity index (χ0v) is 18.9. The first-order chi connectivity index (χ1) is 15.6. The lowest BCUT2D eigenvalue weighted by atomic mass is 10.0. The van der Waals surface area contributed by atoms with Crippen LogP contribution in [0.3, 0.4) is 0 Å². The number of likely N-dealkylation sites (tertiary alicyclic amines) is 1. The van der Waals surface area contributed by atoms with Crippen LogP contribution in [0.5, 0.6) is 17.2 Å². The normalized spacial score (nSPS) is 15.2. The Balaban J connectivity index is 1.91. The smallest absolute Gasteiger partial charge is 0.453 e. The fourth-order valence-electron chi connectivity index (χ4n) is 4.43. The van der Waals surface area contributed by atoms with E-state index in [0.717, 1.165) is 48.4 Å². The Hall–Kier alpha value is -3.00. The average Bonchev–Trinajstić information content (AvgIpc) is 2.75. The van der Waals surface area contributed by atoms with Gasteiger partial charge < -0.3 is 19.2 Å². The molecule has 1 aromatic heterocycles. The monoisotopic (exact) mass is 462 g/mol. The van der Waals surface area contributed by atoms with Crippen molar-refractivity contribution in [2.45, 2.75) is 52.8 Å². The molecule has 4 rings (SSSR count). The van der Waals surface area contributed by atoms with Crippen LogP contribution in [0.1, 0.15) is 47.3 Å². The van der Waals surface area contributed by atoms with Crippen LogP contribution < -0.4 is 15.1 Å².